The van der Waals surface area contributed by atoms with Crippen molar-refractivity contribution >= 4 is 9.84 Å². The van der Waals surface area contributed by atoms with Gasteiger partial charge < -0.3 is 5.32 Å². The van der Waals surface area contributed by atoms with E-state index < -0.39 is 9.84 Å². The van der Waals surface area contributed by atoms with Crippen LogP contribution in [0, 0.1) is 20.8 Å². The lowest BCUT2D eigenvalue weighted by atomic mass is 10.1. The molecule has 5 nitrogen and oxygen atoms in total. The van der Waals surface area contributed by atoms with Gasteiger partial charge in [0.1, 0.15) is 0 Å². The van der Waals surface area contributed by atoms with E-state index in [1.165, 1.54) is 16.7 Å². The second-order valence-electron chi connectivity index (χ2n) is 6.74. The predicted octanol–water partition coefficient (Wildman–Crippen LogP) is 2.46. The molecular weight excluding hydrogens is 322 g/mol. The van der Waals surface area contributed by atoms with E-state index in [1.807, 2.05) is 18.5 Å². The Balaban J connectivity index is 1.67. The van der Waals surface area contributed by atoms with Crippen molar-refractivity contribution < 1.29 is 8.42 Å². The van der Waals surface area contributed by atoms with Gasteiger partial charge in [0.25, 0.3) is 0 Å². The number of hydrogen-bond donors (Lipinski definition) is 1. The number of benzene rings is 1. The average molecular weight is 347 g/mol. The normalized spacial score (nSPS) is 19.7. The predicted molar refractivity (Wildman–Crippen MR) is 95.7 cm³/mol. The first-order valence-corrected chi connectivity index (χ1v) is 10.2. The Morgan fingerprint density at radius 2 is 1.88 bits per heavy atom. The number of hydrogen-bond acceptors (Lipinski definition) is 4. The second kappa shape index (κ2) is 6.69. The van der Waals surface area contributed by atoms with E-state index in [0.717, 1.165) is 24.5 Å². The highest BCUT2D eigenvalue weighted by Gasteiger charge is 2.31. The lowest BCUT2D eigenvalue weighted by Gasteiger charge is -2.12. The minimum absolute atomic E-state index is 0.0143. The number of nitrogens with zero attached hydrogens (tertiary/aromatic N) is 2. The van der Waals surface area contributed by atoms with Crippen LogP contribution in [0.5, 0.6) is 0 Å². The Morgan fingerprint density at radius 3 is 2.50 bits per heavy atom. The number of nitrogens with one attached hydrogen (secondary N) is 1. The van der Waals surface area contributed by atoms with Crippen molar-refractivity contribution in [2.24, 2.45) is 0 Å². The van der Waals surface area contributed by atoms with Crippen molar-refractivity contribution in [2.75, 3.05) is 11.5 Å². The van der Waals surface area contributed by atoms with E-state index in [-0.39, 0.29) is 17.5 Å². The van der Waals surface area contributed by atoms with E-state index >= 15 is 0 Å². The van der Waals surface area contributed by atoms with Crippen LogP contribution in [-0.2, 0) is 22.9 Å². The van der Waals surface area contributed by atoms with Crippen molar-refractivity contribution in [2.45, 2.75) is 46.3 Å². The van der Waals surface area contributed by atoms with Crippen LogP contribution in [0.2, 0.25) is 0 Å². The molecule has 1 atom stereocenters. The minimum Gasteiger partial charge on any atom is -0.308 e. The van der Waals surface area contributed by atoms with Gasteiger partial charge in [-0.3, -0.25) is 4.68 Å². The summed E-state index contributed by atoms with van der Waals surface area (Å²) in [5, 5.41) is 8.07. The summed E-state index contributed by atoms with van der Waals surface area (Å²) in [5.74, 6) is 0.488. The van der Waals surface area contributed by atoms with Crippen LogP contribution >= 0.6 is 0 Å². The fourth-order valence-electron chi connectivity index (χ4n) is 3.31. The molecule has 1 fully saturated rings. The summed E-state index contributed by atoms with van der Waals surface area (Å²) in [6.07, 6.45) is 0.667. The van der Waals surface area contributed by atoms with Gasteiger partial charge in [0.15, 0.2) is 9.84 Å². The minimum atomic E-state index is -2.90. The van der Waals surface area contributed by atoms with Crippen LogP contribution in [-0.4, -0.2) is 29.7 Å². The van der Waals surface area contributed by atoms with Crippen LogP contribution in [0.15, 0.2) is 24.3 Å². The topological polar surface area (TPSA) is 64.0 Å². The SMILES string of the molecule is Cc1ccc(CNCc2c(C)nn(C3CCS(=O)(=O)C3)c2C)cc1. The molecule has 1 saturated heterocycles. The molecule has 130 valence electrons. The van der Waals surface area contributed by atoms with Crippen LogP contribution < -0.4 is 5.32 Å². The first-order valence-electron chi connectivity index (χ1n) is 8.37. The maximum atomic E-state index is 11.7. The fourth-order valence-corrected chi connectivity index (χ4v) is 5.01. The van der Waals surface area contributed by atoms with Gasteiger partial charge in [-0.05, 0) is 32.8 Å². The third-order valence-electron chi connectivity index (χ3n) is 4.78. The van der Waals surface area contributed by atoms with Crippen LogP contribution in [0.4, 0.5) is 0 Å². The highest BCUT2D eigenvalue weighted by molar-refractivity contribution is 7.91. The highest BCUT2D eigenvalue weighted by atomic mass is 32.2. The Kier molecular flexibility index (Phi) is 4.78. The molecule has 1 N–H and O–H groups in total. The molecule has 1 aliphatic heterocycles. The third-order valence-corrected chi connectivity index (χ3v) is 6.53. The zero-order chi connectivity index (χ0) is 17.3. The molecular formula is C18H25N3O2S. The largest absolute Gasteiger partial charge is 0.308 e. The summed E-state index contributed by atoms with van der Waals surface area (Å²) in [7, 11) is -2.90. The van der Waals surface area contributed by atoms with Gasteiger partial charge in [-0.25, -0.2) is 8.42 Å². The molecule has 1 aliphatic rings. The number of aryl methyl sites for hydroxylation is 2. The molecule has 0 amide bonds. The first-order chi connectivity index (χ1) is 11.4. The van der Waals surface area contributed by atoms with Crippen molar-refractivity contribution in [3.05, 3.63) is 52.3 Å². The van der Waals surface area contributed by atoms with Crippen LogP contribution in [0.1, 0.15) is 40.5 Å². The fraction of sp³-hybridized carbons (Fsp3) is 0.500. The van der Waals surface area contributed by atoms with E-state index in [9.17, 15) is 8.42 Å². The lowest BCUT2D eigenvalue weighted by Crippen LogP contribution is -2.16. The summed E-state index contributed by atoms with van der Waals surface area (Å²) in [6, 6.07) is 8.49. The van der Waals surface area contributed by atoms with E-state index in [1.54, 1.807) is 0 Å². The van der Waals surface area contributed by atoms with Crippen LogP contribution in [0.3, 0.4) is 0 Å². The summed E-state index contributed by atoms with van der Waals surface area (Å²) < 4.78 is 25.4. The molecule has 1 unspecified atom stereocenters. The van der Waals surface area contributed by atoms with Crippen LogP contribution in [0.25, 0.3) is 0 Å². The zero-order valence-corrected chi connectivity index (χ0v) is 15.4. The zero-order valence-electron chi connectivity index (χ0n) is 14.5. The highest BCUT2D eigenvalue weighted by Crippen LogP contribution is 2.26. The summed E-state index contributed by atoms with van der Waals surface area (Å²) in [6.45, 7) is 7.67. The smallest absolute Gasteiger partial charge is 0.152 e. The van der Waals surface area contributed by atoms with E-state index in [2.05, 4.69) is 41.6 Å². The molecule has 2 aromatic rings. The van der Waals surface area contributed by atoms with Gasteiger partial charge in [0.2, 0.25) is 0 Å². The van der Waals surface area contributed by atoms with E-state index in [4.69, 9.17) is 0 Å². The summed E-state index contributed by atoms with van der Waals surface area (Å²) in [5.41, 5.74) is 5.74. The number of rotatable bonds is 5. The maximum absolute atomic E-state index is 11.7. The Labute approximate surface area is 144 Å². The molecule has 0 bridgehead atoms. The molecule has 0 radical (unpaired) electrons. The average Bonchev–Trinajstić information content (AvgIpc) is 3.02. The molecule has 3 rings (SSSR count). The lowest BCUT2D eigenvalue weighted by molar-refractivity contribution is 0.485. The number of aromatic nitrogens is 2. The van der Waals surface area contributed by atoms with Gasteiger partial charge >= 0.3 is 0 Å². The molecule has 2 heterocycles. The monoisotopic (exact) mass is 347 g/mol. The Bertz CT molecular complexity index is 823. The van der Waals surface area contributed by atoms with E-state index in [0.29, 0.717) is 6.42 Å². The molecule has 0 aliphatic carbocycles. The molecule has 1 aromatic carbocycles. The molecule has 0 spiro atoms. The molecule has 24 heavy (non-hydrogen) atoms. The Hall–Kier alpha value is -1.66. The van der Waals surface area contributed by atoms with Crippen molar-refractivity contribution in [1.82, 2.24) is 15.1 Å². The first kappa shape index (κ1) is 17.2. The molecule has 1 aromatic heterocycles. The van der Waals surface area contributed by atoms with Gasteiger partial charge in [-0.15, -0.1) is 0 Å². The summed E-state index contributed by atoms with van der Waals surface area (Å²) in [4.78, 5) is 0. The van der Waals surface area contributed by atoms with Crippen molar-refractivity contribution in [3.8, 4) is 0 Å². The maximum Gasteiger partial charge on any atom is 0.152 e. The van der Waals surface area contributed by atoms with Gasteiger partial charge in [0.05, 0.1) is 23.2 Å². The third kappa shape index (κ3) is 3.70. The second-order valence-corrected chi connectivity index (χ2v) is 8.97. The number of sulfone groups is 1. The quantitative estimate of drug-likeness (QED) is 0.902. The standard InChI is InChI=1S/C18H25N3O2S/c1-13-4-6-16(7-5-13)10-19-11-18-14(2)20-21(15(18)3)17-8-9-24(22,23)12-17/h4-7,17,19H,8-12H2,1-3H3. The van der Waals surface area contributed by atoms with Crippen molar-refractivity contribution in [3.63, 3.8) is 0 Å². The van der Waals surface area contributed by atoms with Gasteiger partial charge in [-0.2, -0.15) is 5.10 Å². The molecule has 0 saturated carbocycles. The van der Waals surface area contributed by atoms with Crippen molar-refractivity contribution in [1.29, 1.82) is 0 Å². The molecule has 6 heteroatoms. The Morgan fingerprint density at radius 1 is 1.17 bits per heavy atom. The van der Waals surface area contributed by atoms with Gasteiger partial charge in [0, 0.05) is 24.3 Å². The van der Waals surface area contributed by atoms with Gasteiger partial charge in [-0.1, -0.05) is 29.8 Å². The summed E-state index contributed by atoms with van der Waals surface area (Å²) >= 11 is 0.